The van der Waals surface area contributed by atoms with Gasteiger partial charge in [-0.25, -0.2) is 14.5 Å². The molecule has 0 amide bonds. The van der Waals surface area contributed by atoms with Gasteiger partial charge in [-0.3, -0.25) is 9.36 Å². The summed E-state index contributed by atoms with van der Waals surface area (Å²) in [5.74, 6) is 0.577. The molecule has 0 bridgehead atoms. The van der Waals surface area contributed by atoms with Crippen molar-refractivity contribution in [3.05, 3.63) is 87.1 Å². The highest BCUT2D eigenvalue weighted by Crippen LogP contribution is 2.17. The molecule has 0 aromatic heterocycles. The van der Waals surface area contributed by atoms with Crippen LogP contribution in [0.3, 0.4) is 0 Å². The van der Waals surface area contributed by atoms with Gasteiger partial charge < -0.3 is 0 Å². The summed E-state index contributed by atoms with van der Waals surface area (Å²) in [5.41, 5.74) is 0.661. The van der Waals surface area contributed by atoms with Gasteiger partial charge in [-0.1, -0.05) is 60.7 Å². The van der Waals surface area contributed by atoms with Crippen molar-refractivity contribution in [2.45, 2.75) is 6.54 Å². The summed E-state index contributed by atoms with van der Waals surface area (Å²) in [6.45, 7) is 0.149. The summed E-state index contributed by atoms with van der Waals surface area (Å²) in [6, 6.07) is 18.6. The predicted molar refractivity (Wildman–Crippen MR) is 96.9 cm³/mol. The van der Waals surface area contributed by atoms with Gasteiger partial charge in [-0.15, -0.1) is 0 Å². The Morgan fingerprint density at radius 2 is 1.54 bits per heavy atom. The van der Waals surface area contributed by atoms with Crippen molar-refractivity contribution in [2.75, 3.05) is 0 Å². The zero-order valence-electron chi connectivity index (χ0n) is 14.0. The van der Waals surface area contributed by atoms with Crippen molar-refractivity contribution >= 4 is 0 Å². The van der Waals surface area contributed by atoms with E-state index >= 15 is 0 Å². The van der Waals surface area contributed by atoms with Crippen LogP contribution in [0.4, 0.5) is 0 Å². The quantitative estimate of drug-likeness (QED) is 0.563. The number of aryl methyl sites for hydroxylation is 1. The van der Waals surface area contributed by atoms with E-state index in [1.165, 1.54) is 4.68 Å². The summed E-state index contributed by atoms with van der Waals surface area (Å²) in [7, 11) is 1.64. The van der Waals surface area contributed by atoms with Gasteiger partial charge in [0.25, 0.3) is 5.56 Å². The molecule has 7 nitrogen and oxygen atoms in total. The van der Waals surface area contributed by atoms with E-state index < -0.39 is 11.2 Å². The third-order valence-corrected chi connectivity index (χ3v) is 4.08. The van der Waals surface area contributed by atoms with Crippen LogP contribution in [0.15, 0.2) is 70.3 Å². The van der Waals surface area contributed by atoms with Crippen molar-refractivity contribution < 1.29 is 0 Å². The Kier molecular flexibility index (Phi) is 3.89. The van der Waals surface area contributed by atoms with Gasteiger partial charge in [0.1, 0.15) is 0 Å². The maximum Gasteiger partial charge on any atom is 0.352 e. The molecule has 2 aliphatic heterocycles. The first kappa shape index (κ1) is 15.9. The molecule has 2 heterocycles. The van der Waals surface area contributed by atoms with Crippen LogP contribution in [0.5, 0.6) is 0 Å². The molecule has 0 aliphatic carbocycles. The average molecular weight is 345 g/mol. The van der Waals surface area contributed by atoms with E-state index in [0.717, 1.165) is 15.7 Å². The highest BCUT2D eigenvalue weighted by molar-refractivity contribution is 5.59. The zero-order chi connectivity index (χ0) is 18.1. The Balaban J connectivity index is 1.92. The molecule has 0 saturated heterocycles. The monoisotopic (exact) mass is 345 g/mol. The minimum absolute atomic E-state index is 0.122. The molecule has 0 radical (unpaired) electrons. The van der Waals surface area contributed by atoms with Gasteiger partial charge in [0, 0.05) is 12.6 Å². The Hall–Kier alpha value is -3.61. The second kappa shape index (κ2) is 6.36. The third kappa shape index (κ3) is 2.79. The first-order valence-corrected chi connectivity index (χ1v) is 8.09. The fraction of sp³-hybridized carbons (Fsp3) is 0.105. The maximum absolute atomic E-state index is 12.9. The molecular weight excluding hydrogens is 330 g/mol. The summed E-state index contributed by atoms with van der Waals surface area (Å²) >= 11 is 0. The third-order valence-electron chi connectivity index (χ3n) is 4.08. The number of rotatable bonds is 3. The Labute approximate surface area is 148 Å². The Morgan fingerprint density at radius 1 is 0.885 bits per heavy atom. The summed E-state index contributed by atoms with van der Waals surface area (Å²) in [5, 5.41) is 4.32. The van der Waals surface area contributed by atoms with Crippen LogP contribution in [0.2, 0.25) is 0 Å². The van der Waals surface area contributed by atoms with E-state index in [2.05, 4.69) is 15.1 Å². The topological polar surface area (TPSA) is 82.7 Å². The molecular formula is C19H15N5O2. The van der Waals surface area contributed by atoms with Crippen LogP contribution in [0, 0.1) is 0 Å². The lowest BCUT2D eigenvalue weighted by Crippen LogP contribution is -2.39. The molecule has 4 rings (SSSR count). The average Bonchev–Trinajstić information content (AvgIpc) is 2.67. The Bertz CT molecular complexity index is 1150. The molecule has 7 heteroatoms. The van der Waals surface area contributed by atoms with Gasteiger partial charge in [0.2, 0.25) is 0 Å². The molecule has 0 spiro atoms. The zero-order valence-corrected chi connectivity index (χ0v) is 14.0. The molecule has 0 N–H and O–H groups in total. The number of benzene rings is 2. The van der Waals surface area contributed by atoms with Crippen molar-refractivity contribution in [3.63, 3.8) is 0 Å². The standard InChI is InChI=1S/C19H15N5O2/c1-23-17-15(20-16(22-23)14-10-6-3-7-11-14)18(25)24(19(26)21-17)12-13-8-4-2-5-9-13/h2-11H,12H2,1H3. The van der Waals surface area contributed by atoms with E-state index in [1.54, 1.807) is 7.05 Å². The fourth-order valence-electron chi connectivity index (χ4n) is 2.77. The van der Waals surface area contributed by atoms with E-state index in [4.69, 9.17) is 0 Å². The summed E-state index contributed by atoms with van der Waals surface area (Å²) in [4.78, 5) is 33.7. The van der Waals surface area contributed by atoms with Crippen LogP contribution in [-0.4, -0.2) is 24.3 Å². The van der Waals surface area contributed by atoms with Gasteiger partial charge in [0.05, 0.1) is 6.54 Å². The molecule has 0 fully saturated rings. The molecule has 0 saturated carbocycles. The SMILES string of the molecule is Cn1nc(-c2ccccc2)nc2c(=O)n(Cc3ccccc3)c(=O)nc1-2. The van der Waals surface area contributed by atoms with Gasteiger partial charge in [-0.2, -0.15) is 10.1 Å². The van der Waals surface area contributed by atoms with E-state index in [0.29, 0.717) is 5.82 Å². The second-order valence-electron chi connectivity index (χ2n) is 5.87. The largest absolute Gasteiger partial charge is 0.352 e. The van der Waals surface area contributed by atoms with Crippen LogP contribution in [-0.2, 0) is 13.6 Å². The molecule has 26 heavy (non-hydrogen) atoms. The van der Waals surface area contributed by atoms with Crippen LogP contribution in [0.1, 0.15) is 5.56 Å². The van der Waals surface area contributed by atoms with Gasteiger partial charge >= 0.3 is 5.69 Å². The minimum Gasteiger partial charge on any atom is -0.267 e. The molecule has 2 aliphatic rings. The number of hydrogen-bond donors (Lipinski definition) is 0. The fourth-order valence-corrected chi connectivity index (χ4v) is 2.77. The smallest absolute Gasteiger partial charge is 0.267 e. The number of fused-ring (bicyclic) bond motifs is 1. The van der Waals surface area contributed by atoms with Crippen LogP contribution < -0.4 is 11.2 Å². The van der Waals surface area contributed by atoms with Crippen molar-refractivity contribution in [2.24, 2.45) is 7.05 Å². The number of aromatic nitrogens is 5. The molecule has 2 aromatic carbocycles. The first-order chi connectivity index (χ1) is 12.6. The Morgan fingerprint density at radius 3 is 2.23 bits per heavy atom. The van der Waals surface area contributed by atoms with Gasteiger partial charge in [0.15, 0.2) is 17.3 Å². The van der Waals surface area contributed by atoms with Crippen molar-refractivity contribution in [1.82, 2.24) is 24.3 Å². The summed E-state index contributed by atoms with van der Waals surface area (Å²) in [6.07, 6.45) is 0. The molecule has 0 unspecified atom stereocenters. The van der Waals surface area contributed by atoms with Crippen LogP contribution >= 0.6 is 0 Å². The van der Waals surface area contributed by atoms with Gasteiger partial charge in [-0.05, 0) is 5.56 Å². The lowest BCUT2D eigenvalue weighted by molar-refractivity contribution is 0.652. The van der Waals surface area contributed by atoms with E-state index in [9.17, 15) is 9.59 Å². The highest BCUT2D eigenvalue weighted by Gasteiger charge is 2.20. The van der Waals surface area contributed by atoms with Crippen LogP contribution in [0.25, 0.3) is 22.9 Å². The first-order valence-electron chi connectivity index (χ1n) is 8.09. The summed E-state index contributed by atoms with van der Waals surface area (Å²) < 4.78 is 2.51. The second-order valence-corrected chi connectivity index (χ2v) is 5.87. The minimum atomic E-state index is -0.613. The molecule has 128 valence electrons. The van der Waals surface area contributed by atoms with E-state index in [1.807, 2.05) is 60.7 Å². The lowest BCUT2D eigenvalue weighted by Gasteiger charge is -2.12. The lowest BCUT2D eigenvalue weighted by atomic mass is 10.2. The highest BCUT2D eigenvalue weighted by atomic mass is 16.2. The van der Waals surface area contributed by atoms with Crippen molar-refractivity contribution in [3.8, 4) is 22.9 Å². The molecule has 0 atom stereocenters. The predicted octanol–water partition coefficient (Wildman–Crippen LogP) is 1.55. The molecule has 2 aromatic rings. The number of nitrogens with zero attached hydrogens (tertiary/aromatic N) is 5. The normalized spacial score (nSPS) is 11.0. The van der Waals surface area contributed by atoms with Crippen molar-refractivity contribution in [1.29, 1.82) is 0 Å². The van der Waals surface area contributed by atoms with E-state index in [-0.39, 0.29) is 18.1 Å². The maximum atomic E-state index is 12.9. The number of hydrogen-bond acceptors (Lipinski definition) is 5.